The molecule has 0 bridgehead atoms. The summed E-state index contributed by atoms with van der Waals surface area (Å²) in [4.78, 5) is 14.2. The number of thiophene rings is 1. The van der Waals surface area contributed by atoms with Gasteiger partial charge in [-0.1, -0.05) is 11.6 Å². The number of hydrogen-bond acceptors (Lipinski definition) is 5. The van der Waals surface area contributed by atoms with E-state index in [2.05, 4.69) is 27.2 Å². The van der Waals surface area contributed by atoms with Crippen molar-refractivity contribution in [2.45, 2.75) is 33.7 Å². The minimum absolute atomic E-state index is 0. The minimum atomic E-state index is 0. The molecule has 2 rings (SSSR count). The molecule has 1 atom stereocenters. The molecular formula is C13H16ClN4SY-. The average Bonchev–Trinajstić information content (AvgIpc) is 2.75. The standard InChI is InChI=1S/C13H16ClN4S.Y/c1-7(2)12-16-9(4)17-13(18-12)15-8(3)10-5-6-11(14)19-10;/h5-6,8H,1-4H3,(H,15,16,17,18);/q-1;. The molecule has 4 nitrogen and oxygen atoms in total. The molecule has 2 aromatic rings. The van der Waals surface area contributed by atoms with Crippen LogP contribution >= 0.6 is 22.9 Å². The van der Waals surface area contributed by atoms with E-state index < -0.39 is 0 Å². The molecule has 0 amide bonds. The number of aromatic nitrogens is 3. The summed E-state index contributed by atoms with van der Waals surface area (Å²) in [5, 5.41) is 3.28. The number of hydrogen-bond donors (Lipinski definition) is 1. The Labute approximate surface area is 153 Å². The third-order valence-corrected chi connectivity index (χ3v) is 3.97. The first-order chi connectivity index (χ1) is 8.95. The zero-order chi connectivity index (χ0) is 14.0. The van der Waals surface area contributed by atoms with Crippen LogP contribution in [0.2, 0.25) is 4.34 Å². The zero-order valence-corrected chi connectivity index (χ0v) is 16.3. The number of aryl methyl sites for hydroxylation is 1. The van der Waals surface area contributed by atoms with Crippen molar-refractivity contribution >= 4 is 28.9 Å². The molecule has 7 heteroatoms. The summed E-state index contributed by atoms with van der Waals surface area (Å²) in [5.74, 6) is 3.11. The number of rotatable bonds is 4. The SMILES string of the molecule is Cc1nc(NC(C)c2ccc(Cl)s2)nc([C-](C)C)n1.[Y]. The maximum atomic E-state index is 5.95. The van der Waals surface area contributed by atoms with Crippen LogP contribution in [0, 0.1) is 12.8 Å². The molecule has 105 valence electrons. The Morgan fingerprint density at radius 3 is 2.50 bits per heavy atom. The van der Waals surface area contributed by atoms with Gasteiger partial charge < -0.3 is 11.2 Å². The van der Waals surface area contributed by atoms with Crippen LogP contribution < -0.4 is 5.32 Å². The van der Waals surface area contributed by atoms with Crippen molar-refractivity contribution in [2.24, 2.45) is 0 Å². The first-order valence-electron chi connectivity index (χ1n) is 6.00. The zero-order valence-electron chi connectivity index (χ0n) is 11.9. The van der Waals surface area contributed by atoms with Gasteiger partial charge in [-0.3, -0.25) is 4.98 Å². The van der Waals surface area contributed by atoms with Crippen LogP contribution in [0.5, 0.6) is 0 Å². The normalized spacial score (nSPS) is 11.7. The molecule has 0 fully saturated rings. The smallest absolute Gasteiger partial charge is 0.224 e. The van der Waals surface area contributed by atoms with E-state index in [0.717, 1.165) is 21.0 Å². The largest absolute Gasteiger partial charge is 0.347 e. The Kier molecular flexibility index (Phi) is 6.85. The Hall–Kier alpha value is -0.226. The summed E-state index contributed by atoms with van der Waals surface area (Å²) >= 11 is 7.50. The minimum Gasteiger partial charge on any atom is -0.347 e. The van der Waals surface area contributed by atoms with E-state index in [0.29, 0.717) is 11.8 Å². The molecule has 1 unspecified atom stereocenters. The second-order valence-electron chi connectivity index (χ2n) is 4.54. The summed E-state index contributed by atoms with van der Waals surface area (Å²) in [6.07, 6.45) is 0. The van der Waals surface area contributed by atoms with Crippen LogP contribution in [0.4, 0.5) is 5.95 Å². The fourth-order valence-corrected chi connectivity index (χ4v) is 2.66. The van der Waals surface area contributed by atoms with E-state index in [-0.39, 0.29) is 38.8 Å². The first kappa shape index (κ1) is 17.8. The third kappa shape index (κ3) is 4.66. The summed E-state index contributed by atoms with van der Waals surface area (Å²) in [6, 6.07) is 4.02. The van der Waals surface area contributed by atoms with Gasteiger partial charge in [-0.15, -0.1) is 11.3 Å². The quantitative estimate of drug-likeness (QED) is 0.809. The summed E-state index contributed by atoms with van der Waals surface area (Å²) in [6.45, 7) is 7.90. The van der Waals surface area contributed by atoms with Gasteiger partial charge in [0, 0.05) is 43.4 Å². The van der Waals surface area contributed by atoms with E-state index in [4.69, 9.17) is 11.6 Å². The van der Waals surface area contributed by atoms with Gasteiger partial charge in [0.15, 0.2) is 0 Å². The Balaban J connectivity index is 0.00000200. The van der Waals surface area contributed by atoms with Gasteiger partial charge in [0.25, 0.3) is 0 Å². The van der Waals surface area contributed by atoms with Crippen LogP contribution in [-0.4, -0.2) is 15.0 Å². The van der Waals surface area contributed by atoms with Crippen molar-refractivity contribution in [2.75, 3.05) is 5.32 Å². The van der Waals surface area contributed by atoms with Gasteiger partial charge >= 0.3 is 0 Å². The van der Waals surface area contributed by atoms with E-state index in [9.17, 15) is 0 Å². The molecule has 0 spiro atoms. The van der Waals surface area contributed by atoms with E-state index >= 15 is 0 Å². The molecule has 0 saturated carbocycles. The topological polar surface area (TPSA) is 50.7 Å². The number of anilines is 1. The third-order valence-electron chi connectivity index (χ3n) is 2.56. The molecule has 0 saturated heterocycles. The van der Waals surface area contributed by atoms with Crippen molar-refractivity contribution < 1.29 is 32.7 Å². The van der Waals surface area contributed by atoms with Crippen molar-refractivity contribution in [3.8, 4) is 0 Å². The van der Waals surface area contributed by atoms with E-state index in [1.54, 1.807) is 11.3 Å². The summed E-state index contributed by atoms with van der Waals surface area (Å²) < 4.78 is 0.786. The van der Waals surface area contributed by atoms with E-state index in [1.165, 1.54) is 0 Å². The number of nitrogens with one attached hydrogen (secondary N) is 1. The molecule has 2 aromatic heterocycles. The Bertz CT molecular complexity index is 573. The van der Waals surface area contributed by atoms with Gasteiger partial charge in [-0.05, 0) is 26.0 Å². The van der Waals surface area contributed by atoms with Gasteiger partial charge in [-0.25, -0.2) is 4.98 Å². The number of halogens is 1. The summed E-state index contributed by atoms with van der Waals surface area (Å²) in [5.41, 5.74) is 0. The maximum Gasteiger partial charge on any atom is 0.224 e. The monoisotopic (exact) mass is 384 g/mol. The van der Waals surface area contributed by atoms with Gasteiger partial charge in [0.05, 0.1) is 10.4 Å². The second-order valence-corrected chi connectivity index (χ2v) is 6.28. The maximum absolute atomic E-state index is 5.95. The molecule has 1 N–H and O–H groups in total. The van der Waals surface area contributed by atoms with Gasteiger partial charge in [0.1, 0.15) is 5.82 Å². The molecule has 0 aliphatic rings. The van der Waals surface area contributed by atoms with Gasteiger partial charge in [-0.2, -0.15) is 18.8 Å². The first-order valence-corrected chi connectivity index (χ1v) is 7.20. The van der Waals surface area contributed by atoms with Crippen LogP contribution in [0.1, 0.15) is 43.3 Å². The van der Waals surface area contributed by atoms with Crippen LogP contribution in [0.3, 0.4) is 0 Å². The molecule has 1 radical (unpaired) electrons. The Morgan fingerprint density at radius 1 is 1.25 bits per heavy atom. The predicted octanol–water partition coefficient (Wildman–Crippen LogP) is 4.03. The molecule has 0 aliphatic heterocycles. The van der Waals surface area contributed by atoms with Crippen LogP contribution in [-0.2, 0) is 32.7 Å². The number of nitrogens with zero attached hydrogens (tertiary/aromatic N) is 3. The average molecular weight is 385 g/mol. The predicted molar refractivity (Wildman–Crippen MR) is 79.6 cm³/mol. The van der Waals surface area contributed by atoms with Crippen molar-refractivity contribution in [1.29, 1.82) is 0 Å². The molecule has 20 heavy (non-hydrogen) atoms. The van der Waals surface area contributed by atoms with Gasteiger partial charge in [0.2, 0.25) is 5.95 Å². The van der Waals surface area contributed by atoms with Crippen LogP contribution in [0.15, 0.2) is 12.1 Å². The molecule has 2 heterocycles. The molecule has 0 aliphatic carbocycles. The van der Waals surface area contributed by atoms with Crippen molar-refractivity contribution in [3.63, 3.8) is 0 Å². The second kappa shape index (κ2) is 7.69. The van der Waals surface area contributed by atoms with Crippen molar-refractivity contribution in [1.82, 2.24) is 15.0 Å². The molecular weight excluding hydrogens is 369 g/mol. The van der Waals surface area contributed by atoms with Crippen LogP contribution in [0.25, 0.3) is 0 Å². The summed E-state index contributed by atoms with van der Waals surface area (Å²) in [7, 11) is 0. The Morgan fingerprint density at radius 2 is 1.95 bits per heavy atom. The van der Waals surface area contributed by atoms with Crippen molar-refractivity contribution in [3.05, 3.63) is 38.9 Å². The van der Waals surface area contributed by atoms with E-state index in [1.807, 2.05) is 32.9 Å². The molecule has 0 aromatic carbocycles. The fraction of sp³-hybridized carbons (Fsp3) is 0.385. The fourth-order valence-electron chi connectivity index (χ4n) is 1.60.